The Bertz CT molecular complexity index is 593. The predicted molar refractivity (Wildman–Crippen MR) is 77.7 cm³/mol. The molecule has 1 aromatic rings. The van der Waals surface area contributed by atoms with Crippen LogP contribution in [-0.4, -0.2) is 26.4 Å². The van der Waals surface area contributed by atoms with Crippen LogP contribution in [0.25, 0.3) is 0 Å². The van der Waals surface area contributed by atoms with Gasteiger partial charge in [0.05, 0.1) is 4.92 Å². The molecule has 1 fully saturated rings. The summed E-state index contributed by atoms with van der Waals surface area (Å²) in [5.74, 6) is 0.396. The fourth-order valence-electron chi connectivity index (χ4n) is 1.91. The minimum atomic E-state index is -3.66. The van der Waals surface area contributed by atoms with Crippen molar-refractivity contribution >= 4 is 32.0 Å². The lowest BCUT2D eigenvalue weighted by Crippen LogP contribution is -2.31. The molecule has 1 aliphatic rings. The van der Waals surface area contributed by atoms with E-state index < -0.39 is 14.9 Å². The van der Waals surface area contributed by atoms with Crippen molar-refractivity contribution in [2.75, 3.05) is 18.4 Å². The quantitative estimate of drug-likeness (QED) is 0.592. The maximum atomic E-state index is 12.1. The number of hydrogen-bond donors (Lipinski definition) is 2. The number of sulfonamides is 1. The van der Waals surface area contributed by atoms with Gasteiger partial charge in [-0.25, -0.2) is 13.1 Å². The average Bonchev–Trinajstić information content (AvgIpc) is 2.72. The minimum Gasteiger partial charge on any atom is -0.372 e. The number of rotatable bonds is 7. The van der Waals surface area contributed by atoms with Gasteiger partial charge in [-0.2, -0.15) is 0 Å². The molecule has 0 unspecified atom stereocenters. The molecule has 0 amide bonds. The van der Waals surface area contributed by atoms with Crippen LogP contribution in [0.3, 0.4) is 0 Å². The fraction of sp³-hybridized carbons (Fsp3) is 0.636. The second-order valence-electron chi connectivity index (χ2n) is 4.72. The van der Waals surface area contributed by atoms with E-state index in [1.54, 1.807) is 6.92 Å². The van der Waals surface area contributed by atoms with Gasteiger partial charge in [0.15, 0.2) is 5.00 Å². The monoisotopic (exact) mass is 319 g/mol. The second kappa shape index (κ2) is 6.06. The maximum absolute atomic E-state index is 12.1. The fourth-order valence-corrected chi connectivity index (χ4v) is 4.47. The van der Waals surface area contributed by atoms with E-state index in [-0.39, 0.29) is 14.9 Å². The molecular formula is C11H17N3O4S2. The molecule has 0 saturated heterocycles. The van der Waals surface area contributed by atoms with Crippen LogP contribution in [-0.2, 0) is 10.0 Å². The van der Waals surface area contributed by atoms with Gasteiger partial charge < -0.3 is 5.32 Å². The van der Waals surface area contributed by atoms with Crippen LogP contribution < -0.4 is 10.0 Å². The summed E-state index contributed by atoms with van der Waals surface area (Å²) in [4.78, 5) is 10.3. The van der Waals surface area contributed by atoms with Gasteiger partial charge in [0.25, 0.3) is 0 Å². The Hall–Kier alpha value is -1.19. The smallest absolute Gasteiger partial charge is 0.304 e. The topological polar surface area (TPSA) is 101 Å². The molecule has 1 aliphatic carbocycles. The van der Waals surface area contributed by atoms with E-state index in [2.05, 4.69) is 10.0 Å². The number of anilines is 1. The number of hydrogen-bond acceptors (Lipinski definition) is 6. The van der Waals surface area contributed by atoms with Crippen molar-refractivity contribution in [3.8, 4) is 0 Å². The van der Waals surface area contributed by atoms with Crippen molar-refractivity contribution in [2.45, 2.75) is 30.4 Å². The van der Waals surface area contributed by atoms with E-state index in [1.807, 2.05) is 0 Å². The molecule has 112 valence electrons. The molecule has 0 aliphatic heterocycles. The highest BCUT2D eigenvalue weighted by atomic mass is 32.2. The summed E-state index contributed by atoms with van der Waals surface area (Å²) in [7, 11) is -3.66. The van der Waals surface area contributed by atoms with Gasteiger partial charge in [-0.1, -0.05) is 17.8 Å². The van der Waals surface area contributed by atoms with Gasteiger partial charge in [0, 0.05) is 19.2 Å². The standard InChI is InChI=1S/C11H17N3O4S2/c1-2-12-11-9(14(15)16)6-10(19-11)20(17,18)13-7-8-4-3-5-8/h6,8,12-13H,2-5,7H2,1H3. The van der Waals surface area contributed by atoms with E-state index in [1.165, 1.54) is 0 Å². The Morgan fingerprint density at radius 1 is 1.50 bits per heavy atom. The first kappa shape index (κ1) is 15.2. The predicted octanol–water partition coefficient (Wildman–Crippen LogP) is 2.17. The lowest BCUT2D eigenvalue weighted by atomic mass is 9.86. The molecule has 0 bridgehead atoms. The normalized spacial score (nSPS) is 15.8. The zero-order chi connectivity index (χ0) is 14.8. The van der Waals surface area contributed by atoms with Crippen molar-refractivity contribution in [1.29, 1.82) is 0 Å². The summed E-state index contributed by atoms with van der Waals surface area (Å²) in [5.41, 5.74) is -0.194. The van der Waals surface area contributed by atoms with Crippen LogP contribution in [0.15, 0.2) is 10.3 Å². The van der Waals surface area contributed by atoms with Gasteiger partial charge in [-0.15, -0.1) is 0 Å². The van der Waals surface area contributed by atoms with Gasteiger partial charge in [-0.3, -0.25) is 10.1 Å². The summed E-state index contributed by atoms with van der Waals surface area (Å²) in [6.45, 7) is 2.70. The van der Waals surface area contributed by atoms with E-state index in [0.717, 1.165) is 36.7 Å². The van der Waals surface area contributed by atoms with Crippen molar-refractivity contribution in [2.24, 2.45) is 5.92 Å². The zero-order valence-corrected chi connectivity index (χ0v) is 12.7. The van der Waals surface area contributed by atoms with E-state index in [9.17, 15) is 18.5 Å². The minimum absolute atomic E-state index is 0.0144. The van der Waals surface area contributed by atoms with Crippen molar-refractivity contribution in [3.63, 3.8) is 0 Å². The Balaban J connectivity index is 2.17. The molecule has 9 heteroatoms. The van der Waals surface area contributed by atoms with Gasteiger partial charge in [0.1, 0.15) is 4.21 Å². The van der Waals surface area contributed by atoms with Crippen LogP contribution in [0.4, 0.5) is 10.7 Å². The van der Waals surface area contributed by atoms with Gasteiger partial charge >= 0.3 is 5.69 Å². The number of nitrogens with zero attached hydrogens (tertiary/aromatic N) is 1. The Morgan fingerprint density at radius 2 is 2.20 bits per heavy atom. The van der Waals surface area contributed by atoms with Crippen LogP contribution in [0.1, 0.15) is 26.2 Å². The van der Waals surface area contributed by atoms with E-state index in [4.69, 9.17) is 0 Å². The number of nitro groups is 1. The highest BCUT2D eigenvalue weighted by Crippen LogP contribution is 2.37. The number of thiophene rings is 1. The third kappa shape index (κ3) is 3.28. The molecular weight excluding hydrogens is 302 g/mol. The molecule has 1 heterocycles. The maximum Gasteiger partial charge on any atom is 0.304 e. The third-order valence-electron chi connectivity index (χ3n) is 3.28. The summed E-state index contributed by atoms with van der Waals surface area (Å²) in [6, 6.07) is 1.12. The lowest BCUT2D eigenvalue weighted by Gasteiger charge is -2.25. The Morgan fingerprint density at radius 3 is 2.70 bits per heavy atom. The second-order valence-corrected chi connectivity index (χ2v) is 7.76. The van der Waals surface area contributed by atoms with Crippen LogP contribution in [0.5, 0.6) is 0 Å². The molecule has 0 spiro atoms. The summed E-state index contributed by atoms with van der Waals surface area (Å²) >= 11 is 0.893. The SMILES string of the molecule is CCNc1sc(S(=O)(=O)NCC2CCC2)cc1[N+](=O)[O-]. The first-order valence-corrected chi connectivity index (χ1v) is 8.75. The molecule has 0 radical (unpaired) electrons. The average molecular weight is 319 g/mol. The molecule has 0 aromatic carbocycles. The Kier molecular flexibility index (Phi) is 4.61. The van der Waals surface area contributed by atoms with E-state index >= 15 is 0 Å². The molecule has 7 nitrogen and oxygen atoms in total. The van der Waals surface area contributed by atoms with Crippen molar-refractivity contribution in [3.05, 3.63) is 16.2 Å². The number of nitrogens with one attached hydrogen (secondary N) is 2. The highest BCUT2D eigenvalue weighted by molar-refractivity contribution is 7.91. The van der Waals surface area contributed by atoms with Crippen LogP contribution >= 0.6 is 11.3 Å². The van der Waals surface area contributed by atoms with E-state index in [0.29, 0.717) is 19.0 Å². The first-order valence-electron chi connectivity index (χ1n) is 6.45. The summed E-state index contributed by atoms with van der Waals surface area (Å²) < 4.78 is 26.8. The Labute approximate surface area is 121 Å². The summed E-state index contributed by atoms with van der Waals surface area (Å²) in [5, 5.41) is 14.0. The largest absolute Gasteiger partial charge is 0.372 e. The molecule has 2 N–H and O–H groups in total. The molecule has 2 rings (SSSR count). The van der Waals surface area contributed by atoms with Crippen molar-refractivity contribution < 1.29 is 13.3 Å². The van der Waals surface area contributed by atoms with Gasteiger partial charge in [0.2, 0.25) is 10.0 Å². The molecule has 1 aromatic heterocycles. The van der Waals surface area contributed by atoms with Crippen LogP contribution in [0.2, 0.25) is 0 Å². The molecule has 0 atom stereocenters. The lowest BCUT2D eigenvalue weighted by molar-refractivity contribution is -0.383. The highest BCUT2D eigenvalue weighted by Gasteiger charge is 2.27. The summed E-state index contributed by atoms with van der Waals surface area (Å²) in [6.07, 6.45) is 3.22. The first-order chi connectivity index (χ1) is 9.44. The molecule has 20 heavy (non-hydrogen) atoms. The molecule has 1 saturated carbocycles. The van der Waals surface area contributed by atoms with Crippen molar-refractivity contribution in [1.82, 2.24) is 4.72 Å². The third-order valence-corrected chi connectivity index (χ3v) is 6.25. The zero-order valence-electron chi connectivity index (χ0n) is 11.1. The van der Waals surface area contributed by atoms with Gasteiger partial charge in [-0.05, 0) is 25.7 Å². The van der Waals surface area contributed by atoms with Crippen LogP contribution in [0, 0.1) is 16.0 Å².